The van der Waals surface area contributed by atoms with Crippen molar-refractivity contribution in [3.63, 3.8) is 0 Å². The predicted octanol–water partition coefficient (Wildman–Crippen LogP) is 5.79. The third kappa shape index (κ3) is 3.84. The molecule has 29 heavy (non-hydrogen) atoms. The first-order chi connectivity index (χ1) is 14.0. The molecule has 0 bridgehead atoms. The average Bonchev–Trinajstić information content (AvgIpc) is 3.37. The fraction of sp³-hybridized carbons (Fsp3) is 0.130. The molecule has 2 heterocycles. The molecule has 0 saturated heterocycles. The summed E-state index contributed by atoms with van der Waals surface area (Å²) in [4.78, 5) is 20.2. The minimum atomic E-state index is -0.384. The summed E-state index contributed by atoms with van der Waals surface area (Å²) >= 11 is 1.63. The van der Waals surface area contributed by atoms with Crippen molar-refractivity contribution in [2.75, 3.05) is 7.05 Å². The highest BCUT2D eigenvalue weighted by atomic mass is 32.1. The molecule has 4 nitrogen and oxygen atoms in total. The number of aromatic nitrogens is 1. The smallest absolute Gasteiger partial charge is 0.254 e. The molecule has 0 spiro atoms. The summed E-state index contributed by atoms with van der Waals surface area (Å²) in [6, 6.07) is 15.6. The van der Waals surface area contributed by atoms with Crippen LogP contribution in [0.4, 0.5) is 4.39 Å². The van der Waals surface area contributed by atoms with E-state index in [4.69, 9.17) is 4.42 Å². The lowest BCUT2D eigenvalue weighted by atomic mass is 10.1. The van der Waals surface area contributed by atoms with E-state index in [0.717, 1.165) is 4.88 Å². The van der Waals surface area contributed by atoms with Gasteiger partial charge in [0.15, 0.2) is 5.76 Å². The van der Waals surface area contributed by atoms with Gasteiger partial charge in [0.05, 0.1) is 23.9 Å². The van der Waals surface area contributed by atoms with Crippen LogP contribution in [0, 0.1) is 12.7 Å². The van der Waals surface area contributed by atoms with Crippen LogP contribution in [-0.2, 0) is 6.54 Å². The Labute approximate surface area is 172 Å². The number of rotatable bonds is 5. The van der Waals surface area contributed by atoms with Gasteiger partial charge in [0.25, 0.3) is 5.91 Å². The molecule has 2 aromatic heterocycles. The molecule has 4 rings (SSSR count). The summed E-state index contributed by atoms with van der Waals surface area (Å²) in [5, 5.41) is 2.02. The number of benzene rings is 2. The summed E-state index contributed by atoms with van der Waals surface area (Å²) in [7, 11) is 1.78. The van der Waals surface area contributed by atoms with Gasteiger partial charge in [-0.3, -0.25) is 4.79 Å². The van der Waals surface area contributed by atoms with Crippen molar-refractivity contribution in [3.8, 4) is 22.8 Å². The van der Waals surface area contributed by atoms with Gasteiger partial charge in [-0.2, -0.15) is 0 Å². The summed E-state index contributed by atoms with van der Waals surface area (Å²) in [6.45, 7) is 2.57. The maximum Gasteiger partial charge on any atom is 0.254 e. The minimum Gasteiger partial charge on any atom is -0.436 e. The largest absolute Gasteiger partial charge is 0.436 e. The number of aryl methyl sites for hydroxylation is 1. The quantitative estimate of drug-likeness (QED) is 0.421. The third-order valence-corrected chi connectivity index (χ3v) is 5.74. The van der Waals surface area contributed by atoms with E-state index in [1.165, 1.54) is 17.8 Å². The van der Waals surface area contributed by atoms with Gasteiger partial charge in [-0.05, 0) is 48.2 Å². The molecule has 0 N–H and O–H groups in total. The molecular formula is C23H19FN2O2S. The van der Waals surface area contributed by atoms with E-state index in [0.29, 0.717) is 29.0 Å². The second-order valence-corrected chi connectivity index (χ2v) is 7.74. The highest BCUT2D eigenvalue weighted by Gasteiger charge is 2.21. The highest BCUT2D eigenvalue weighted by molar-refractivity contribution is 7.10. The maximum atomic E-state index is 14.1. The van der Waals surface area contributed by atoms with Gasteiger partial charge in [-0.15, -0.1) is 11.3 Å². The second-order valence-electron chi connectivity index (χ2n) is 6.74. The van der Waals surface area contributed by atoms with Gasteiger partial charge in [0, 0.05) is 17.5 Å². The number of nitrogens with zero attached hydrogens (tertiary/aromatic N) is 2. The molecular weight excluding hydrogens is 387 g/mol. The standard InChI is InChI=1S/C23H19FN2O2S/c1-15-11-12-29-21(15)14-26(2)23(27)17-8-4-3-7-16(17)22-25-13-20(28-22)18-9-5-6-10-19(18)24/h3-13H,14H2,1-2H3. The zero-order chi connectivity index (χ0) is 20.4. The molecule has 0 unspecified atom stereocenters. The van der Waals surface area contributed by atoms with Crippen molar-refractivity contribution in [1.29, 1.82) is 0 Å². The molecule has 146 valence electrons. The summed E-state index contributed by atoms with van der Waals surface area (Å²) < 4.78 is 19.9. The Bertz CT molecular complexity index is 1160. The number of carbonyl (C=O) groups is 1. The first-order valence-electron chi connectivity index (χ1n) is 9.13. The van der Waals surface area contributed by atoms with E-state index < -0.39 is 0 Å². The molecule has 0 saturated carbocycles. The molecule has 0 aliphatic heterocycles. The van der Waals surface area contributed by atoms with Crippen molar-refractivity contribution < 1.29 is 13.6 Å². The number of hydrogen-bond acceptors (Lipinski definition) is 4. The van der Waals surface area contributed by atoms with Crippen molar-refractivity contribution in [2.45, 2.75) is 13.5 Å². The molecule has 4 aromatic rings. The van der Waals surface area contributed by atoms with Crippen LogP contribution in [0.25, 0.3) is 22.8 Å². The predicted molar refractivity (Wildman–Crippen MR) is 112 cm³/mol. The van der Waals surface area contributed by atoms with Gasteiger partial charge in [0.2, 0.25) is 5.89 Å². The summed E-state index contributed by atoms with van der Waals surface area (Å²) in [6.07, 6.45) is 1.48. The van der Waals surface area contributed by atoms with E-state index in [1.54, 1.807) is 53.6 Å². The lowest BCUT2D eigenvalue weighted by molar-refractivity contribution is 0.0787. The molecule has 0 atom stereocenters. The van der Waals surface area contributed by atoms with Crippen LogP contribution in [0.3, 0.4) is 0 Å². The first-order valence-corrected chi connectivity index (χ1v) is 10.0. The van der Waals surface area contributed by atoms with E-state index in [9.17, 15) is 9.18 Å². The van der Waals surface area contributed by atoms with Crippen molar-refractivity contribution in [3.05, 3.63) is 88.0 Å². The Kier molecular flexibility index (Phi) is 5.27. The topological polar surface area (TPSA) is 46.3 Å². The van der Waals surface area contributed by atoms with Crippen LogP contribution in [-0.4, -0.2) is 22.8 Å². The Hall–Kier alpha value is -3.25. The second kappa shape index (κ2) is 8.01. The zero-order valence-corrected chi connectivity index (χ0v) is 16.9. The van der Waals surface area contributed by atoms with Gasteiger partial charge in [-0.1, -0.05) is 24.3 Å². The van der Waals surface area contributed by atoms with Crippen LogP contribution in [0.1, 0.15) is 20.8 Å². The van der Waals surface area contributed by atoms with Crippen LogP contribution in [0.2, 0.25) is 0 Å². The molecule has 6 heteroatoms. The van der Waals surface area contributed by atoms with Crippen molar-refractivity contribution in [1.82, 2.24) is 9.88 Å². The lowest BCUT2D eigenvalue weighted by Crippen LogP contribution is -2.26. The van der Waals surface area contributed by atoms with Crippen molar-refractivity contribution in [2.24, 2.45) is 0 Å². The van der Waals surface area contributed by atoms with Crippen molar-refractivity contribution >= 4 is 17.2 Å². The zero-order valence-electron chi connectivity index (χ0n) is 16.1. The van der Waals surface area contributed by atoms with Crippen LogP contribution < -0.4 is 0 Å². The minimum absolute atomic E-state index is 0.126. The number of hydrogen-bond donors (Lipinski definition) is 0. The van der Waals surface area contributed by atoms with Gasteiger partial charge in [-0.25, -0.2) is 9.37 Å². The first kappa shape index (κ1) is 19.1. The number of oxazole rings is 1. The normalized spacial score (nSPS) is 10.9. The third-order valence-electron chi connectivity index (χ3n) is 4.73. The fourth-order valence-corrected chi connectivity index (χ4v) is 4.06. The average molecular weight is 406 g/mol. The van der Waals surface area contributed by atoms with E-state index in [-0.39, 0.29) is 17.6 Å². The van der Waals surface area contributed by atoms with E-state index in [2.05, 4.69) is 4.98 Å². The Morgan fingerprint density at radius 2 is 1.83 bits per heavy atom. The number of halogens is 1. The fourth-order valence-electron chi connectivity index (χ4n) is 3.10. The molecule has 0 radical (unpaired) electrons. The number of amides is 1. The van der Waals surface area contributed by atoms with E-state index >= 15 is 0 Å². The SMILES string of the molecule is Cc1ccsc1CN(C)C(=O)c1ccccc1-c1ncc(-c2ccccc2F)o1. The number of thiophene rings is 1. The molecule has 0 fully saturated rings. The molecule has 0 aliphatic rings. The molecule has 2 aromatic carbocycles. The lowest BCUT2D eigenvalue weighted by Gasteiger charge is -2.18. The summed E-state index contributed by atoms with van der Waals surface area (Å²) in [5.41, 5.74) is 2.58. The molecule has 0 aliphatic carbocycles. The van der Waals surface area contributed by atoms with Crippen LogP contribution >= 0.6 is 11.3 Å². The summed E-state index contributed by atoms with van der Waals surface area (Å²) in [5.74, 6) is 0.0977. The number of carbonyl (C=O) groups excluding carboxylic acids is 1. The van der Waals surface area contributed by atoms with Gasteiger partial charge < -0.3 is 9.32 Å². The highest BCUT2D eigenvalue weighted by Crippen LogP contribution is 2.30. The Morgan fingerprint density at radius 1 is 1.10 bits per heavy atom. The van der Waals surface area contributed by atoms with Gasteiger partial charge >= 0.3 is 0 Å². The Morgan fingerprint density at radius 3 is 2.55 bits per heavy atom. The monoisotopic (exact) mass is 406 g/mol. The molecule has 1 amide bonds. The van der Waals surface area contributed by atoms with Gasteiger partial charge in [0.1, 0.15) is 5.82 Å². The maximum absolute atomic E-state index is 14.1. The Balaban J connectivity index is 1.65. The van der Waals surface area contributed by atoms with Crippen LogP contribution in [0.5, 0.6) is 0 Å². The van der Waals surface area contributed by atoms with Crippen LogP contribution in [0.15, 0.2) is 70.6 Å². The van der Waals surface area contributed by atoms with E-state index in [1.807, 2.05) is 30.5 Å².